The second-order valence-electron chi connectivity index (χ2n) is 4.99. The van der Waals surface area contributed by atoms with Crippen LogP contribution in [0, 0.1) is 16.7 Å². The molecule has 100 valence electrons. The molecule has 0 atom stereocenters. The van der Waals surface area contributed by atoms with Crippen molar-refractivity contribution in [2.24, 2.45) is 5.41 Å². The lowest BCUT2D eigenvalue weighted by Gasteiger charge is -2.23. The Balaban J connectivity index is 1.99. The van der Waals surface area contributed by atoms with Gasteiger partial charge in [0.2, 0.25) is 5.91 Å². The highest BCUT2D eigenvalue weighted by molar-refractivity contribution is 5.85. The highest BCUT2D eigenvalue weighted by atomic mass is 16.2. The Bertz CT molecular complexity index is 458. The summed E-state index contributed by atoms with van der Waals surface area (Å²) in [4.78, 5) is 20.2. The summed E-state index contributed by atoms with van der Waals surface area (Å²) in [6.07, 6.45) is 8.56. The maximum atomic E-state index is 12.3. The van der Waals surface area contributed by atoms with Crippen LogP contribution in [0.3, 0.4) is 0 Å². The molecule has 0 aliphatic heterocycles. The summed E-state index contributed by atoms with van der Waals surface area (Å²) in [5, 5.41) is 12.2. The average Bonchev–Trinajstić information content (AvgIpc) is 2.72. The number of hydrogen-bond acceptors (Lipinski definition) is 4. The molecule has 1 N–H and O–H groups in total. The first kappa shape index (κ1) is 13.5. The summed E-state index contributed by atoms with van der Waals surface area (Å²) in [5.74, 6) is -0.157. The van der Waals surface area contributed by atoms with Crippen molar-refractivity contribution in [3.8, 4) is 6.07 Å². The molecule has 1 aromatic rings. The van der Waals surface area contributed by atoms with Crippen LogP contribution in [0.15, 0.2) is 18.6 Å². The fourth-order valence-electron chi connectivity index (χ4n) is 2.48. The van der Waals surface area contributed by atoms with Crippen LogP contribution in [-0.4, -0.2) is 15.9 Å². The van der Waals surface area contributed by atoms with Gasteiger partial charge >= 0.3 is 0 Å². The predicted molar refractivity (Wildman–Crippen MR) is 69.6 cm³/mol. The Kier molecular flexibility index (Phi) is 4.45. The van der Waals surface area contributed by atoms with Gasteiger partial charge in [0.15, 0.2) is 0 Å². The molecular formula is C14H18N4O. The number of rotatable bonds is 3. The van der Waals surface area contributed by atoms with Gasteiger partial charge in [-0.15, -0.1) is 0 Å². The Morgan fingerprint density at radius 1 is 1.37 bits per heavy atom. The van der Waals surface area contributed by atoms with Gasteiger partial charge in [-0.1, -0.05) is 25.7 Å². The molecule has 0 saturated heterocycles. The van der Waals surface area contributed by atoms with Gasteiger partial charge in [-0.05, 0) is 18.9 Å². The third-order valence-electron chi connectivity index (χ3n) is 3.68. The number of hydrogen-bond donors (Lipinski definition) is 1. The van der Waals surface area contributed by atoms with Crippen LogP contribution in [0.5, 0.6) is 0 Å². The first-order valence-electron chi connectivity index (χ1n) is 6.71. The zero-order chi connectivity index (χ0) is 13.6. The van der Waals surface area contributed by atoms with Crippen LogP contribution in [0.25, 0.3) is 0 Å². The zero-order valence-corrected chi connectivity index (χ0v) is 10.9. The molecule has 0 aromatic carbocycles. The molecule has 0 bridgehead atoms. The second-order valence-corrected chi connectivity index (χ2v) is 4.99. The Morgan fingerprint density at radius 3 is 2.68 bits per heavy atom. The van der Waals surface area contributed by atoms with Crippen molar-refractivity contribution < 1.29 is 4.79 Å². The topological polar surface area (TPSA) is 78.7 Å². The van der Waals surface area contributed by atoms with Crippen LogP contribution in [0.2, 0.25) is 0 Å². The van der Waals surface area contributed by atoms with E-state index in [-0.39, 0.29) is 5.91 Å². The normalized spacial score (nSPS) is 18.1. The van der Waals surface area contributed by atoms with Crippen molar-refractivity contribution in [1.82, 2.24) is 15.3 Å². The van der Waals surface area contributed by atoms with E-state index in [4.69, 9.17) is 0 Å². The van der Waals surface area contributed by atoms with Crippen LogP contribution >= 0.6 is 0 Å². The SMILES string of the molecule is N#CC1(C(=O)NCc2ccncn2)CCCCCC1. The van der Waals surface area contributed by atoms with Crippen molar-refractivity contribution in [2.45, 2.75) is 45.1 Å². The molecule has 0 radical (unpaired) electrons. The molecule has 1 aromatic heterocycles. The van der Waals surface area contributed by atoms with Gasteiger partial charge in [0.25, 0.3) is 0 Å². The summed E-state index contributed by atoms with van der Waals surface area (Å²) < 4.78 is 0. The third kappa shape index (κ3) is 3.28. The summed E-state index contributed by atoms with van der Waals surface area (Å²) in [6.45, 7) is 0.352. The minimum atomic E-state index is -0.844. The number of carbonyl (C=O) groups excluding carboxylic acids is 1. The molecule has 5 heteroatoms. The standard InChI is InChI=1S/C14H18N4O/c15-10-14(6-3-1-2-4-7-14)13(19)17-9-12-5-8-16-11-18-12/h5,8,11H,1-4,6-7,9H2,(H,17,19). The van der Waals surface area contributed by atoms with E-state index in [1.807, 2.05) is 0 Å². The number of nitriles is 1. The van der Waals surface area contributed by atoms with Gasteiger partial charge < -0.3 is 5.32 Å². The smallest absolute Gasteiger partial charge is 0.240 e. The monoisotopic (exact) mass is 258 g/mol. The van der Waals surface area contributed by atoms with Gasteiger partial charge in [-0.25, -0.2) is 9.97 Å². The van der Waals surface area contributed by atoms with E-state index in [0.29, 0.717) is 19.4 Å². The molecular weight excluding hydrogens is 240 g/mol. The lowest BCUT2D eigenvalue weighted by atomic mass is 9.81. The molecule has 19 heavy (non-hydrogen) atoms. The Morgan fingerprint density at radius 2 is 2.11 bits per heavy atom. The highest BCUT2D eigenvalue weighted by Gasteiger charge is 2.38. The first-order chi connectivity index (χ1) is 9.27. The molecule has 0 unspecified atom stereocenters. The maximum Gasteiger partial charge on any atom is 0.240 e. The third-order valence-corrected chi connectivity index (χ3v) is 3.68. The maximum absolute atomic E-state index is 12.3. The summed E-state index contributed by atoms with van der Waals surface area (Å²) in [5.41, 5.74) is -0.0890. The largest absolute Gasteiger partial charge is 0.349 e. The lowest BCUT2D eigenvalue weighted by molar-refractivity contribution is -0.129. The van der Waals surface area contributed by atoms with E-state index in [1.165, 1.54) is 6.33 Å². The van der Waals surface area contributed by atoms with Crippen LogP contribution in [0.1, 0.15) is 44.2 Å². The molecule has 0 spiro atoms. The van der Waals surface area contributed by atoms with Crippen LogP contribution in [0.4, 0.5) is 0 Å². The highest BCUT2D eigenvalue weighted by Crippen LogP contribution is 2.34. The summed E-state index contributed by atoms with van der Waals surface area (Å²) in [6, 6.07) is 4.01. The average molecular weight is 258 g/mol. The molecule has 2 rings (SSSR count). The van der Waals surface area contributed by atoms with Gasteiger partial charge in [-0.3, -0.25) is 4.79 Å². The molecule has 1 fully saturated rings. The Hall–Kier alpha value is -1.96. The van der Waals surface area contributed by atoms with Gasteiger partial charge in [-0.2, -0.15) is 5.26 Å². The number of amides is 1. The van der Waals surface area contributed by atoms with Crippen molar-refractivity contribution >= 4 is 5.91 Å². The second kappa shape index (κ2) is 6.28. The minimum Gasteiger partial charge on any atom is -0.349 e. The first-order valence-corrected chi connectivity index (χ1v) is 6.71. The van der Waals surface area contributed by atoms with E-state index in [1.54, 1.807) is 12.3 Å². The molecule has 1 aliphatic rings. The molecule has 1 amide bonds. The summed E-state index contributed by atoms with van der Waals surface area (Å²) in [7, 11) is 0. The Labute approximate surface area is 113 Å². The minimum absolute atomic E-state index is 0.157. The number of nitrogens with one attached hydrogen (secondary N) is 1. The van der Waals surface area contributed by atoms with Crippen molar-refractivity contribution in [2.75, 3.05) is 0 Å². The van der Waals surface area contributed by atoms with E-state index in [9.17, 15) is 10.1 Å². The van der Waals surface area contributed by atoms with Gasteiger partial charge in [0.05, 0.1) is 18.3 Å². The van der Waals surface area contributed by atoms with Gasteiger partial charge in [0.1, 0.15) is 11.7 Å². The van der Waals surface area contributed by atoms with E-state index >= 15 is 0 Å². The van der Waals surface area contributed by atoms with Crippen LogP contribution in [-0.2, 0) is 11.3 Å². The van der Waals surface area contributed by atoms with E-state index in [2.05, 4.69) is 21.4 Å². The number of nitrogens with zero attached hydrogens (tertiary/aromatic N) is 3. The number of aromatic nitrogens is 2. The molecule has 5 nitrogen and oxygen atoms in total. The van der Waals surface area contributed by atoms with Gasteiger partial charge in [0, 0.05) is 6.20 Å². The van der Waals surface area contributed by atoms with Crippen LogP contribution < -0.4 is 5.32 Å². The number of carbonyl (C=O) groups is 1. The predicted octanol–water partition coefficient (Wildman–Crippen LogP) is 1.96. The van der Waals surface area contributed by atoms with Crippen molar-refractivity contribution in [3.63, 3.8) is 0 Å². The fourth-order valence-corrected chi connectivity index (χ4v) is 2.48. The molecule has 1 heterocycles. The van der Waals surface area contributed by atoms with Crippen molar-refractivity contribution in [1.29, 1.82) is 5.26 Å². The molecule has 1 saturated carbocycles. The zero-order valence-electron chi connectivity index (χ0n) is 10.9. The van der Waals surface area contributed by atoms with E-state index in [0.717, 1.165) is 31.4 Å². The van der Waals surface area contributed by atoms with E-state index < -0.39 is 5.41 Å². The van der Waals surface area contributed by atoms with Crippen molar-refractivity contribution in [3.05, 3.63) is 24.3 Å². The summed E-state index contributed by atoms with van der Waals surface area (Å²) >= 11 is 0. The fraction of sp³-hybridized carbons (Fsp3) is 0.571. The lowest BCUT2D eigenvalue weighted by Crippen LogP contribution is -2.39. The molecule has 1 aliphatic carbocycles. The quantitative estimate of drug-likeness (QED) is 0.840.